The highest BCUT2D eigenvalue weighted by atomic mass is 79.9. The molecule has 0 fully saturated rings. The fourth-order valence-corrected chi connectivity index (χ4v) is 4.82. The fourth-order valence-electron chi connectivity index (χ4n) is 4.82. The van der Waals surface area contributed by atoms with Gasteiger partial charge in [-0.2, -0.15) is 0 Å². The molecule has 1 unspecified atom stereocenters. The number of aromatic nitrogens is 2. The maximum atomic E-state index is 13.1. The summed E-state index contributed by atoms with van der Waals surface area (Å²) in [4.78, 5) is 13.1. The van der Waals surface area contributed by atoms with Crippen molar-refractivity contribution in [1.29, 1.82) is 0 Å². The lowest BCUT2D eigenvalue weighted by atomic mass is 10.0. The molecule has 4 aromatic carbocycles. The summed E-state index contributed by atoms with van der Waals surface area (Å²) in [5.41, 5.74) is 5.74. The molecule has 0 N–H and O–H groups in total. The van der Waals surface area contributed by atoms with Gasteiger partial charge in [-0.15, -0.1) is 0 Å². The Kier molecular flexibility index (Phi) is 6.37. The molecule has 0 amide bonds. The number of nitrogens with zero attached hydrogens (tertiary/aromatic N) is 2. The number of rotatable bonds is 6. The van der Waals surface area contributed by atoms with Gasteiger partial charge in [0.05, 0.1) is 7.11 Å². The number of carbonyl (C=O) groups is 1. The molecule has 2 heterocycles. The molecule has 0 saturated heterocycles. The van der Waals surface area contributed by atoms with E-state index in [0.29, 0.717) is 5.56 Å². The number of hydrogen-bond acceptors (Lipinski definition) is 3. The van der Waals surface area contributed by atoms with Crippen molar-refractivity contribution in [2.75, 3.05) is 7.11 Å². The number of fused-ring (bicyclic) bond motifs is 4. The number of furan rings is 1. The Hall–Kier alpha value is -3.90. The van der Waals surface area contributed by atoms with Gasteiger partial charge < -0.3 is 26.1 Å². The first kappa shape index (κ1) is 23.8. The Balaban J connectivity index is 0.00000267. The van der Waals surface area contributed by atoms with Crippen LogP contribution in [-0.4, -0.2) is 17.5 Å². The van der Waals surface area contributed by atoms with Crippen molar-refractivity contribution in [3.63, 3.8) is 0 Å². The molecule has 5 nitrogen and oxygen atoms in total. The van der Waals surface area contributed by atoms with E-state index in [1.165, 1.54) is 5.56 Å². The fraction of sp³-hybridized carbons (Fsp3) is 0.133. The summed E-state index contributed by atoms with van der Waals surface area (Å²) in [5.74, 6) is 0.793. The van der Waals surface area contributed by atoms with Crippen molar-refractivity contribution in [2.24, 2.45) is 0 Å². The van der Waals surface area contributed by atoms with Crippen molar-refractivity contribution in [3.8, 4) is 5.75 Å². The van der Waals surface area contributed by atoms with Crippen LogP contribution in [0.25, 0.3) is 33.0 Å². The number of hydrogen-bond donors (Lipinski definition) is 0. The molecule has 0 aliphatic heterocycles. The second kappa shape index (κ2) is 9.63. The van der Waals surface area contributed by atoms with Crippen LogP contribution in [0.1, 0.15) is 28.9 Å². The lowest BCUT2D eigenvalue weighted by Gasteiger charge is -2.09. The van der Waals surface area contributed by atoms with Gasteiger partial charge >= 0.3 is 0 Å². The van der Waals surface area contributed by atoms with Crippen molar-refractivity contribution < 1.29 is 35.5 Å². The summed E-state index contributed by atoms with van der Waals surface area (Å²) in [7, 11) is 1.62. The van der Waals surface area contributed by atoms with Gasteiger partial charge in [0.1, 0.15) is 23.0 Å². The molecule has 180 valence electrons. The van der Waals surface area contributed by atoms with E-state index in [0.717, 1.165) is 38.7 Å². The van der Waals surface area contributed by atoms with Gasteiger partial charge in [-0.1, -0.05) is 36.4 Å². The smallest absolute Gasteiger partial charge is 0.245 e. The minimum Gasteiger partial charge on any atom is -1.00 e. The number of imidazole rings is 1. The normalized spacial score (nSPS) is 12.1. The average Bonchev–Trinajstić information content (AvgIpc) is 3.46. The number of ketones is 1. The number of benzene rings is 4. The number of Topliss-reactive ketones (excluding diaryl/α,β-unsaturated/α-hetero) is 1. The molecule has 0 bridgehead atoms. The van der Waals surface area contributed by atoms with Crippen LogP contribution in [0.4, 0.5) is 0 Å². The summed E-state index contributed by atoms with van der Waals surface area (Å²) >= 11 is 0. The van der Waals surface area contributed by atoms with Crippen LogP contribution in [0.5, 0.6) is 5.75 Å². The quantitative estimate of drug-likeness (QED) is 0.240. The van der Waals surface area contributed by atoms with E-state index in [1.54, 1.807) is 7.11 Å². The van der Waals surface area contributed by atoms with Gasteiger partial charge in [0.2, 0.25) is 12.1 Å². The summed E-state index contributed by atoms with van der Waals surface area (Å²) < 4.78 is 15.5. The van der Waals surface area contributed by atoms with Crippen LogP contribution in [0.3, 0.4) is 0 Å². The van der Waals surface area contributed by atoms with Gasteiger partial charge in [-0.3, -0.25) is 4.79 Å². The second-order valence-electron chi connectivity index (χ2n) is 8.82. The Morgan fingerprint density at radius 1 is 0.917 bits per heavy atom. The molecule has 0 spiro atoms. The molecule has 0 aliphatic rings. The molecule has 6 aromatic rings. The number of carbonyl (C=O) groups excluding carboxylic acids is 1. The molecule has 0 saturated carbocycles. The molecular formula is C30H25BrN2O3. The van der Waals surface area contributed by atoms with Crippen LogP contribution < -0.4 is 26.3 Å². The lowest BCUT2D eigenvalue weighted by molar-refractivity contribution is -0.658. The van der Waals surface area contributed by atoms with Gasteiger partial charge in [-0.25, -0.2) is 9.13 Å². The average molecular weight is 541 g/mol. The highest BCUT2D eigenvalue weighted by molar-refractivity contribution is 6.05. The standard InChI is InChI=1S/C30H25N2O3.BrH/c1-20(22-13-16-30-25(17-22)24-7-3-6-10-29(24)35-30)32-19-31(26-8-4-5-9-27(26)32)18-28(33)21-11-14-23(34-2)15-12-21;/h3-17,19-20H,18H2,1-2H3;1H/q+1;/p-1. The molecular weight excluding hydrogens is 516 g/mol. The van der Waals surface area contributed by atoms with E-state index in [1.807, 2.05) is 65.2 Å². The van der Waals surface area contributed by atoms with E-state index in [9.17, 15) is 4.79 Å². The van der Waals surface area contributed by atoms with Gasteiger partial charge in [0.25, 0.3) is 0 Å². The first-order chi connectivity index (χ1) is 17.1. The van der Waals surface area contributed by atoms with Gasteiger partial charge in [0.15, 0.2) is 17.6 Å². The predicted octanol–water partition coefficient (Wildman–Crippen LogP) is 3.33. The minimum atomic E-state index is 0. The van der Waals surface area contributed by atoms with Gasteiger partial charge in [0, 0.05) is 16.3 Å². The van der Waals surface area contributed by atoms with Crippen LogP contribution >= 0.6 is 0 Å². The zero-order valence-corrected chi connectivity index (χ0v) is 21.6. The highest BCUT2D eigenvalue weighted by Crippen LogP contribution is 2.32. The predicted molar refractivity (Wildman–Crippen MR) is 137 cm³/mol. The Morgan fingerprint density at radius 3 is 2.44 bits per heavy atom. The first-order valence-corrected chi connectivity index (χ1v) is 11.7. The summed E-state index contributed by atoms with van der Waals surface area (Å²) in [5, 5.41) is 2.23. The molecule has 6 rings (SSSR count). The maximum absolute atomic E-state index is 13.1. The van der Waals surface area contributed by atoms with Crippen molar-refractivity contribution in [2.45, 2.75) is 19.5 Å². The van der Waals surface area contributed by atoms with Gasteiger partial charge in [-0.05, 0) is 67.1 Å². The SMILES string of the molecule is COc1ccc(C(=O)C[n+]2cn(C(C)c3ccc4oc5ccccc5c4c3)c3ccccc32)cc1.[Br-]. The molecule has 0 aliphatic carbocycles. The molecule has 6 heteroatoms. The topological polar surface area (TPSA) is 48.2 Å². The molecule has 36 heavy (non-hydrogen) atoms. The zero-order valence-electron chi connectivity index (χ0n) is 20.0. The van der Waals surface area contributed by atoms with Crippen molar-refractivity contribution in [3.05, 3.63) is 108 Å². The molecule has 1 atom stereocenters. The Bertz CT molecular complexity index is 1700. The van der Waals surface area contributed by atoms with Crippen LogP contribution in [-0.2, 0) is 6.54 Å². The third-order valence-electron chi connectivity index (χ3n) is 6.76. The third-order valence-corrected chi connectivity index (χ3v) is 6.76. The number of ether oxygens (including phenoxy) is 1. The summed E-state index contributed by atoms with van der Waals surface area (Å²) in [6.07, 6.45) is 2.05. The van der Waals surface area contributed by atoms with Crippen LogP contribution in [0.15, 0.2) is 102 Å². The van der Waals surface area contributed by atoms with E-state index < -0.39 is 0 Å². The second-order valence-corrected chi connectivity index (χ2v) is 8.82. The number of methoxy groups -OCH3 is 1. The molecule has 2 aromatic heterocycles. The minimum absolute atomic E-state index is 0. The number of para-hydroxylation sites is 3. The van der Waals surface area contributed by atoms with Crippen LogP contribution in [0.2, 0.25) is 0 Å². The van der Waals surface area contributed by atoms with E-state index in [4.69, 9.17) is 9.15 Å². The zero-order chi connectivity index (χ0) is 23.9. The lowest BCUT2D eigenvalue weighted by Crippen LogP contribution is -3.00. The Labute approximate surface area is 219 Å². The van der Waals surface area contributed by atoms with E-state index >= 15 is 0 Å². The van der Waals surface area contributed by atoms with Crippen molar-refractivity contribution >= 4 is 38.8 Å². The number of halogens is 1. The Morgan fingerprint density at radius 2 is 1.64 bits per heavy atom. The monoisotopic (exact) mass is 540 g/mol. The summed E-state index contributed by atoms with van der Waals surface area (Å²) in [6.45, 7) is 2.45. The largest absolute Gasteiger partial charge is 1.00 e. The highest BCUT2D eigenvalue weighted by Gasteiger charge is 2.23. The van der Waals surface area contributed by atoms with Crippen molar-refractivity contribution in [1.82, 2.24) is 4.57 Å². The van der Waals surface area contributed by atoms with E-state index in [2.05, 4.69) is 48.1 Å². The first-order valence-electron chi connectivity index (χ1n) is 11.7. The maximum Gasteiger partial charge on any atom is 0.245 e. The third kappa shape index (κ3) is 4.07. The summed E-state index contributed by atoms with van der Waals surface area (Å²) in [6, 6.07) is 30.1. The van der Waals surface area contributed by atoms with E-state index in [-0.39, 0.29) is 35.4 Å². The molecule has 0 radical (unpaired) electrons. The van der Waals surface area contributed by atoms with Crippen LogP contribution in [0, 0.1) is 0 Å².